The van der Waals surface area contributed by atoms with Crippen LogP contribution in [0.5, 0.6) is 0 Å². The second-order valence-corrected chi connectivity index (χ2v) is 6.76. The van der Waals surface area contributed by atoms with Crippen molar-refractivity contribution >= 4 is 16.9 Å². The number of rotatable bonds is 7. The summed E-state index contributed by atoms with van der Waals surface area (Å²) in [6.45, 7) is 6.66. The van der Waals surface area contributed by atoms with Gasteiger partial charge in [0.2, 0.25) is 5.91 Å². The molecule has 0 aliphatic carbocycles. The van der Waals surface area contributed by atoms with Crippen LogP contribution in [0.1, 0.15) is 37.9 Å². The molecule has 0 aliphatic rings. The van der Waals surface area contributed by atoms with Crippen LogP contribution < -0.4 is 5.32 Å². The van der Waals surface area contributed by atoms with Crippen molar-refractivity contribution in [1.82, 2.24) is 10.5 Å². The van der Waals surface area contributed by atoms with Gasteiger partial charge in [0.25, 0.3) is 0 Å². The second kappa shape index (κ2) is 7.70. The van der Waals surface area contributed by atoms with E-state index in [1.54, 1.807) is 0 Å². The fourth-order valence-corrected chi connectivity index (χ4v) is 2.99. The van der Waals surface area contributed by atoms with Crippen molar-refractivity contribution in [1.29, 1.82) is 0 Å². The molecule has 5 heteroatoms. The zero-order chi connectivity index (χ0) is 18.6. The molecule has 0 spiro atoms. The third kappa shape index (κ3) is 3.78. The highest BCUT2D eigenvalue weighted by atomic mass is 16.5. The van der Waals surface area contributed by atoms with E-state index >= 15 is 0 Å². The fraction of sp³-hybridized carbons (Fsp3) is 0.333. The lowest BCUT2D eigenvalue weighted by Gasteiger charge is -2.29. The molecule has 1 amide bonds. The lowest BCUT2D eigenvalue weighted by molar-refractivity contribution is -0.125. The lowest BCUT2D eigenvalue weighted by atomic mass is 9.92. The van der Waals surface area contributed by atoms with E-state index in [2.05, 4.69) is 10.5 Å². The number of fused-ring (bicyclic) bond motifs is 1. The molecule has 0 aliphatic heterocycles. The first-order chi connectivity index (χ1) is 12.5. The Labute approximate surface area is 153 Å². The van der Waals surface area contributed by atoms with Crippen molar-refractivity contribution in [2.75, 3.05) is 13.2 Å². The normalized spacial score (nSPS) is 12.9. The molecule has 1 N–H and O–H groups in total. The molecular weight excluding hydrogens is 328 g/mol. The molecule has 1 heterocycles. The number of nitrogens with one attached hydrogen (secondary N) is 1. The standard InChI is InChI=1S/C21H24N2O3/c1-4-25-14-17(19-16-12-8-9-13-18(16)26-23-19)20(24)22-21(2,3)15-10-6-5-7-11-15/h5-13,17H,4,14H2,1-3H3,(H,22,24). The van der Waals surface area contributed by atoms with Crippen LogP contribution in [-0.2, 0) is 15.1 Å². The Morgan fingerprint density at radius 2 is 1.85 bits per heavy atom. The third-order valence-electron chi connectivity index (χ3n) is 4.47. The Morgan fingerprint density at radius 3 is 2.58 bits per heavy atom. The molecular formula is C21H24N2O3. The van der Waals surface area contributed by atoms with Gasteiger partial charge in [0.05, 0.1) is 12.1 Å². The van der Waals surface area contributed by atoms with E-state index in [0.29, 0.717) is 17.9 Å². The Bertz CT molecular complexity index is 871. The molecule has 3 rings (SSSR count). The summed E-state index contributed by atoms with van der Waals surface area (Å²) in [7, 11) is 0. The minimum absolute atomic E-state index is 0.133. The first-order valence-electron chi connectivity index (χ1n) is 8.82. The molecule has 26 heavy (non-hydrogen) atoms. The zero-order valence-electron chi connectivity index (χ0n) is 15.4. The summed E-state index contributed by atoms with van der Waals surface area (Å²) in [5.41, 5.74) is 1.80. The Morgan fingerprint density at radius 1 is 1.15 bits per heavy atom. The lowest BCUT2D eigenvalue weighted by Crippen LogP contribution is -2.44. The number of carbonyl (C=O) groups excluding carboxylic acids is 1. The van der Waals surface area contributed by atoms with E-state index in [1.165, 1.54) is 0 Å². The van der Waals surface area contributed by atoms with E-state index in [0.717, 1.165) is 10.9 Å². The van der Waals surface area contributed by atoms with Gasteiger partial charge in [0.15, 0.2) is 5.58 Å². The average molecular weight is 352 g/mol. The van der Waals surface area contributed by atoms with Crippen LogP contribution in [0.3, 0.4) is 0 Å². The Balaban J connectivity index is 1.89. The van der Waals surface area contributed by atoms with Crippen molar-refractivity contribution in [3.8, 4) is 0 Å². The molecule has 0 saturated carbocycles. The average Bonchev–Trinajstić information content (AvgIpc) is 3.06. The highest BCUT2D eigenvalue weighted by Crippen LogP contribution is 2.27. The van der Waals surface area contributed by atoms with Gasteiger partial charge in [0, 0.05) is 12.0 Å². The van der Waals surface area contributed by atoms with Crippen LogP contribution in [0.25, 0.3) is 11.0 Å². The number of aromatic nitrogens is 1. The molecule has 2 aromatic carbocycles. The first kappa shape index (κ1) is 18.1. The van der Waals surface area contributed by atoms with Gasteiger partial charge in [-0.1, -0.05) is 47.6 Å². The topological polar surface area (TPSA) is 64.4 Å². The Kier molecular flexibility index (Phi) is 5.38. The van der Waals surface area contributed by atoms with Gasteiger partial charge in [-0.25, -0.2) is 0 Å². The maximum Gasteiger partial charge on any atom is 0.232 e. The monoisotopic (exact) mass is 352 g/mol. The van der Waals surface area contributed by atoms with E-state index in [4.69, 9.17) is 9.26 Å². The van der Waals surface area contributed by atoms with Crippen molar-refractivity contribution in [3.63, 3.8) is 0 Å². The maximum absolute atomic E-state index is 13.1. The van der Waals surface area contributed by atoms with Crippen molar-refractivity contribution in [3.05, 3.63) is 65.9 Å². The summed E-state index contributed by atoms with van der Waals surface area (Å²) in [6.07, 6.45) is 0. The van der Waals surface area contributed by atoms with E-state index in [9.17, 15) is 4.79 Å². The van der Waals surface area contributed by atoms with E-state index < -0.39 is 11.5 Å². The predicted octanol–water partition coefficient (Wildman–Crippen LogP) is 4.00. The molecule has 1 atom stereocenters. The van der Waals surface area contributed by atoms with Crippen LogP contribution in [-0.4, -0.2) is 24.3 Å². The summed E-state index contributed by atoms with van der Waals surface area (Å²) in [6, 6.07) is 17.4. The van der Waals surface area contributed by atoms with Gasteiger partial charge in [-0.05, 0) is 38.5 Å². The minimum atomic E-state index is -0.540. The van der Waals surface area contributed by atoms with Gasteiger partial charge < -0.3 is 14.6 Å². The van der Waals surface area contributed by atoms with Crippen molar-refractivity contribution in [2.45, 2.75) is 32.2 Å². The molecule has 5 nitrogen and oxygen atoms in total. The summed E-state index contributed by atoms with van der Waals surface area (Å²) < 4.78 is 11.0. The van der Waals surface area contributed by atoms with Gasteiger partial charge in [0.1, 0.15) is 11.6 Å². The first-order valence-corrected chi connectivity index (χ1v) is 8.82. The summed E-state index contributed by atoms with van der Waals surface area (Å²) in [5, 5.41) is 8.13. The molecule has 0 saturated heterocycles. The largest absolute Gasteiger partial charge is 0.380 e. The maximum atomic E-state index is 13.1. The van der Waals surface area contributed by atoms with Crippen molar-refractivity contribution < 1.29 is 14.1 Å². The molecule has 0 bridgehead atoms. The van der Waals surface area contributed by atoms with Crippen molar-refractivity contribution in [2.24, 2.45) is 0 Å². The van der Waals surface area contributed by atoms with Crippen LogP contribution in [0.4, 0.5) is 0 Å². The number of amides is 1. The second-order valence-electron chi connectivity index (χ2n) is 6.76. The number of benzene rings is 2. The van der Waals surface area contributed by atoms with Gasteiger partial charge in [-0.15, -0.1) is 0 Å². The van der Waals surface area contributed by atoms with Gasteiger partial charge in [-0.2, -0.15) is 0 Å². The fourth-order valence-electron chi connectivity index (χ4n) is 2.99. The summed E-state index contributed by atoms with van der Waals surface area (Å²) in [4.78, 5) is 13.1. The van der Waals surface area contributed by atoms with Gasteiger partial charge >= 0.3 is 0 Å². The highest BCUT2D eigenvalue weighted by molar-refractivity contribution is 5.90. The number of hydrogen-bond acceptors (Lipinski definition) is 4. The van der Waals surface area contributed by atoms with Crippen LogP contribution in [0, 0.1) is 0 Å². The number of para-hydroxylation sites is 1. The smallest absolute Gasteiger partial charge is 0.232 e. The SMILES string of the molecule is CCOCC(C(=O)NC(C)(C)c1ccccc1)c1noc2ccccc12. The van der Waals surface area contributed by atoms with Crippen LogP contribution >= 0.6 is 0 Å². The minimum Gasteiger partial charge on any atom is -0.380 e. The zero-order valence-corrected chi connectivity index (χ0v) is 15.4. The van der Waals surface area contributed by atoms with Crippen LogP contribution in [0.2, 0.25) is 0 Å². The van der Waals surface area contributed by atoms with Crippen LogP contribution in [0.15, 0.2) is 59.1 Å². The third-order valence-corrected chi connectivity index (χ3v) is 4.47. The molecule has 136 valence electrons. The van der Waals surface area contributed by atoms with E-state index in [-0.39, 0.29) is 12.5 Å². The summed E-state index contributed by atoms with van der Waals surface area (Å²) in [5.74, 6) is -0.673. The predicted molar refractivity (Wildman–Crippen MR) is 101 cm³/mol. The van der Waals surface area contributed by atoms with Gasteiger partial charge in [-0.3, -0.25) is 4.79 Å². The number of ether oxygens (including phenoxy) is 1. The quantitative estimate of drug-likeness (QED) is 0.698. The number of nitrogens with zero attached hydrogens (tertiary/aromatic N) is 1. The summed E-state index contributed by atoms with van der Waals surface area (Å²) >= 11 is 0. The molecule has 0 radical (unpaired) electrons. The number of carbonyl (C=O) groups is 1. The van der Waals surface area contributed by atoms with E-state index in [1.807, 2.05) is 75.4 Å². The highest BCUT2D eigenvalue weighted by Gasteiger charge is 2.31. The molecule has 1 unspecified atom stereocenters. The molecule has 1 aromatic heterocycles. The number of hydrogen-bond donors (Lipinski definition) is 1. The molecule has 3 aromatic rings. The molecule has 0 fully saturated rings. The Hall–Kier alpha value is -2.66.